The highest BCUT2D eigenvalue weighted by molar-refractivity contribution is 7.98. The van der Waals surface area contributed by atoms with E-state index in [2.05, 4.69) is 48.0 Å². The van der Waals surface area contributed by atoms with Gasteiger partial charge in [0, 0.05) is 16.5 Å². The van der Waals surface area contributed by atoms with Gasteiger partial charge in [-0.05, 0) is 60.1 Å². The molecule has 22 heavy (non-hydrogen) atoms. The molecule has 0 bridgehead atoms. The largest absolute Gasteiger partial charge is 0.378 e. The van der Waals surface area contributed by atoms with Crippen LogP contribution < -0.4 is 5.32 Å². The first kappa shape index (κ1) is 13.9. The van der Waals surface area contributed by atoms with Crippen molar-refractivity contribution in [2.45, 2.75) is 23.3 Å². The van der Waals surface area contributed by atoms with Crippen LogP contribution in [0.2, 0.25) is 0 Å². The number of rotatable bonds is 2. The van der Waals surface area contributed by atoms with Gasteiger partial charge in [-0.15, -0.1) is 11.8 Å². The van der Waals surface area contributed by atoms with Crippen molar-refractivity contribution < 1.29 is 4.39 Å². The predicted octanol–water partition coefficient (Wildman–Crippen LogP) is 5.37. The molecule has 1 heterocycles. The van der Waals surface area contributed by atoms with Crippen LogP contribution in [-0.4, -0.2) is 6.26 Å². The molecule has 0 saturated carbocycles. The Hall–Kier alpha value is -1.74. The van der Waals surface area contributed by atoms with Crippen molar-refractivity contribution in [1.29, 1.82) is 0 Å². The third-order valence-corrected chi connectivity index (χ3v) is 5.54. The van der Waals surface area contributed by atoms with Gasteiger partial charge >= 0.3 is 0 Å². The van der Waals surface area contributed by atoms with Crippen molar-refractivity contribution in [2.24, 2.45) is 5.92 Å². The Bertz CT molecular complexity index is 723. The maximum absolute atomic E-state index is 13.6. The molecule has 1 N–H and O–H groups in total. The summed E-state index contributed by atoms with van der Waals surface area (Å²) in [5, 5.41) is 3.64. The average Bonchev–Trinajstić information content (AvgIpc) is 3.04. The normalized spacial score (nSPS) is 25.5. The van der Waals surface area contributed by atoms with E-state index in [1.54, 1.807) is 23.9 Å². The van der Waals surface area contributed by atoms with E-state index >= 15 is 0 Å². The summed E-state index contributed by atoms with van der Waals surface area (Å²) in [4.78, 5) is 1.28. The van der Waals surface area contributed by atoms with E-state index in [0.29, 0.717) is 11.8 Å². The van der Waals surface area contributed by atoms with Crippen molar-refractivity contribution in [1.82, 2.24) is 0 Å². The van der Waals surface area contributed by atoms with Crippen molar-refractivity contribution in [3.8, 4) is 0 Å². The van der Waals surface area contributed by atoms with Gasteiger partial charge in [-0.2, -0.15) is 0 Å². The molecule has 2 aromatic carbocycles. The van der Waals surface area contributed by atoms with Gasteiger partial charge in [0.1, 0.15) is 5.82 Å². The fourth-order valence-electron chi connectivity index (χ4n) is 3.71. The van der Waals surface area contributed by atoms with Gasteiger partial charge < -0.3 is 5.32 Å². The third kappa shape index (κ3) is 2.24. The Kier molecular flexibility index (Phi) is 3.45. The second-order valence-electron chi connectivity index (χ2n) is 5.98. The second-order valence-corrected chi connectivity index (χ2v) is 6.86. The SMILES string of the molecule is CSc1ccc([C@@H]2Nc3ccc(F)cc3[C@@H]3C=CC[C@@H]32)cc1. The number of halogens is 1. The van der Waals surface area contributed by atoms with Crippen LogP contribution in [0.4, 0.5) is 10.1 Å². The molecule has 0 aromatic heterocycles. The van der Waals surface area contributed by atoms with E-state index in [1.165, 1.54) is 10.5 Å². The minimum absolute atomic E-state index is 0.151. The minimum Gasteiger partial charge on any atom is -0.378 e. The molecule has 3 heteroatoms. The Balaban J connectivity index is 1.74. The van der Waals surface area contributed by atoms with E-state index in [0.717, 1.165) is 17.7 Å². The van der Waals surface area contributed by atoms with Gasteiger partial charge in [0.05, 0.1) is 6.04 Å². The molecule has 0 spiro atoms. The van der Waals surface area contributed by atoms with Crippen LogP contribution in [-0.2, 0) is 0 Å². The van der Waals surface area contributed by atoms with Gasteiger partial charge in [0.15, 0.2) is 0 Å². The molecule has 0 amide bonds. The minimum atomic E-state index is -0.151. The molecule has 2 aliphatic rings. The van der Waals surface area contributed by atoms with Crippen LogP contribution in [0.15, 0.2) is 59.5 Å². The van der Waals surface area contributed by atoms with Crippen molar-refractivity contribution in [3.05, 3.63) is 71.6 Å². The van der Waals surface area contributed by atoms with Crippen LogP contribution in [0, 0.1) is 11.7 Å². The van der Waals surface area contributed by atoms with E-state index in [9.17, 15) is 4.39 Å². The molecule has 112 valence electrons. The third-order valence-electron chi connectivity index (χ3n) is 4.80. The number of allylic oxidation sites excluding steroid dienone is 2. The fraction of sp³-hybridized carbons (Fsp3) is 0.263. The Morgan fingerprint density at radius 1 is 1.14 bits per heavy atom. The van der Waals surface area contributed by atoms with Crippen molar-refractivity contribution in [3.63, 3.8) is 0 Å². The summed E-state index contributed by atoms with van der Waals surface area (Å²) in [7, 11) is 0. The number of thioether (sulfide) groups is 1. The van der Waals surface area contributed by atoms with Crippen LogP contribution >= 0.6 is 11.8 Å². The highest BCUT2D eigenvalue weighted by atomic mass is 32.2. The first-order valence-electron chi connectivity index (χ1n) is 7.63. The predicted molar refractivity (Wildman–Crippen MR) is 91.0 cm³/mol. The Labute approximate surface area is 134 Å². The van der Waals surface area contributed by atoms with Gasteiger partial charge in [0.25, 0.3) is 0 Å². The maximum Gasteiger partial charge on any atom is 0.123 e. The summed E-state index contributed by atoms with van der Waals surface area (Å²) in [6, 6.07) is 14.2. The smallest absolute Gasteiger partial charge is 0.123 e. The lowest BCUT2D eigenvalue weighted by Crippen LogP contribution is -2.29. The molecule has 2 aromatic rings. The zero-order valence-corrected chi connectivity index (χ0v) is 13.2. The zero-order chi connectivity index (χ0) is 15.1. The molecule has 0 saturated heterocycles. The quantitative estimate of drug-likeness (QED) is 0.591. The number of nitrogens with one attached hydrogen (secondary N) is 1. The van der Waals surface area contributed by atoms with E-state index in [-0.39, 0.29) is 11.9 Å². The Morgan fingerprint density at radius 3 is 2.73 bits per heavy atom. The Morgan fingerprint density at radius 2 is 1.95 bits per heavy atom. The molecule has 0 radical (unpaired) electrons. The number of benzene rings is 2. The van der Waals surface area contributed by atoms with Crippen LogP contribution in [0.3, 0.4) is 0 Å². The first-order chi connectivity index (χ1) is 10.8. The van der Waals surface area contributed by atoms with Crippen molar-refractivity contribution >= 4 is 17.4 Å². The highest BCUT2D eigenvalue weighted by Crippen LogP contribution is 2.49. The topological polar surface area (TPSA) is 12.0 Å². The van der Waals surface area contributed by atoms with Gasteiger partial charge in [-0.1, -0.05) is 24.3 Å². The molecule has 0 fully saturated rings. The van der Waals surface area contributed by atoms with E-state index < -0.39 is 0 Å². The lowest BCUT2D eigenvalue weighted by Gasteiger charge is -2.37. The van der Waals surface area contributed by atoms with Gasteiger partial charge in [-0.3, -0.25) is 0 Å². The molecule has 0 unspecified atom stereocenters. The van der Waals surface area contributed by atoms with Crippen molar-refractivity contribution in [2.75, 3.05) is 11.6 Å². The number of hydrogen-bond donors (Lipinski definition) is 1. The molecule has 3 atom stereocenters. The fourth-order valence-corrected chi connectivity index (χ4v) is 4.11. The summed E-state index contributed by atoms with van der Waals surface area (Å²) in [6.45, 7) is 0. The van der Waals surface area contributed by atoms with Crippen LogP contribution in [0.1, 0.15) is 29.5 Å². The number of anilines is 1. The summed E-state index contributed by atoms with van der Waals surface area (Å²) in [6.07, 6.45) is 7.62. The first-order valence-corrected chi connectivity index (χ1v) is 8.85. The molecule has 1 nitrogen and oxygen atoms in total. The maximum atomic E-state index is 13.6. The molecular formula is C19H18FNS. The number of fused-ring (bicyclic) bond motifs is 3. The monoisotopic (exact) mass is 311 g/mol. The van der Waals surface area contributed by atoms with Gasteiger partial charge in [-0.25, -0.2) is 4.39 Å². The van der Waals surface area contributed by atoms with Gasteiger partial charge in [0.2, 0.25) is 0 Å². The van der Waals surface area contributed by atoms with E-state index in [4.69, 9.17) is 0 Å². The highest BCUT2D eigenvalue weighted by Gasteiger charge is 2.37. The average molecular weight is 311 g/mol. The molecule has 1 aliphatic carbocycles. The number of hydrogen-bond acceptors (Lipinski definition) is 2. The summed E-state index contributed by atoms with van der Waals surface area (Å²) in [5.41, 5.74) is 3.47. The van der Waals surface area contributed by atoms with E-state index in [1.807, 2.05) is 6.07 Å². The lowest BCUT2D eigenvalue weighted by molar-refractivity contribution is 0.424. The van der Waals surface area contributed by atoms with Crippen LogP contribution in [0.5, 0.6) is 0 Å². The zero-order valence-electron chi connectivity index (χ0n) is 12.4. The standard InChI is InChI=1S/C19H18FNS/c1-22-14-8-5-12(6-9-14)19-16-4-2-3-15(16)17-11-13(20)7-10-18(17)21-19/h2-3,5-11,15-16,19,21H,4H2,1H3/t15-,16+,19+/m1/s1. The molecule has 1 aliphatic heterocycles. The molecule has 4 rings (SSSR count). The lowest BCUT2D eigenvalue weighted by atomic mass is 9.77. The summed E-state index contributed by atoms with van der Waals surface area (Å²) in [5.74, 6) is 0.633. The second kappa shape index (κ2) is 5.47. The summed E-state index contributed by atoms with van der Waals surface area (Å²) < 4.78 is 13.6. The molecular weight excluding hydrogens is 293 g/mol. The summed E-state index contributed by atoms with van der Waals surface area (Å²) >= 11 is 1.76. The van der Waals surface area contributed by atoms with Crippen LogP contribution in [0.25, 0.3) is 0 Å².